The molecule has 0 bridgehead atoms. The molecule has 0 rings (SSSR count). The molecule has 0 aliphatic carbocycles. The number of esters is 3. The number of unbranched alkanes of at least 4 members (excludes halogenated alkanes) is 32. The van der Waals surface area contributed by atoms with Crippen LogP contribution in [0.3, 0.4) is 0 Å². The predicted molar refractivity (Wildman–Crippen MR) is 307 cm³/mol. The first-order chi connectivity index (χ1) is 35.0. The zero-order chi connectivity index (χ0) is 51.4. The normalized spacial score (nSPS) is 12.5. The van der Waals surface area contributed by atoms with E-state index in [4.69, 9.17) is 14.2 Å². The van der Waals surface area contributed by atoms with Crippen molar-refractivity contribution in [3.8, 4) is 0 Å². The number of hydrogen-bond acceptors (Lipinski definition) is 6. The minimum atomic E-state index is -0.783. The first kappa shape index (κ1) is 67.8. The molecule has 0 aliphatic rings. The zero-order valence-electron chi connectivity index (χ0n) is 47.0. The Labute approximate surface area is 440 Å². The molecule has 0 radical (unpaired) electrons. The summed E-state index contributed by atoms with van der Waals surface area (Å²) >= 11 is 0. The summed E-state index contributed by atoms with van der Waals surface area (Å²) in [6.45, 7) is 6.53. The van der Waals surface area contributed by atoms with Crippen molar-refractivity contribution < 1.29 is 28.6 Å². The molecular weight excluding hydrogens is 877 g/mol. The lowest BCUT2D eigenvalue weighted by Crippen LogP contribution is -2.30. The Morgan fingerprint density at radius 2 is 0.549 bits per heavy atom. The second-order valence-electron chi connectivity index (χ2n) is 20.2. The molecule has 0 aromatic rings. The average Bonchev–Trinajstić information content (AvgIpc) is 3.37. The number of ether oxygens (including phenoxy) is 3. The molecule has 0 aliphatic heterocycles. The highest BCUT2D eigenvalue weighted by Gasteiger charge is 2.19. The topological polar surface area (TPSA) is 78.9 Å². The van der Waals surface area contributed by atoms with Crippen LogP contribution in [0.25, 0.3) is 0 Å². The minimum absolute atomic E-state index is 0.0797. The molecular formula is C65H114O6. The van der Waals surface area contributed by atoms with Crippen LogP contribution in [0.5, 0.6) is 0 Å². The predicted octanol–water partition coefficient (Wildman–Crippen LogP) is 20.5. The first-order valence-corrected chi connectivity index (χ1v) is 30.4. The van der Waals surface area contributed by atoms with Crippen LogP contribution in [0.4, 0.5) is 0 Å². The van der Waals surface area contributed by atoms with Crippen molar-refractivity contribution in [1.82, 2.24) is 0 Å². The molecule has 0 aromatic heterocycles. The van der Waals surface area contributed by atoms with Gasteiger partial charge in [0, 0.05) is 19.3 Å². The van der Waals surface area contributed by atoms with Gasteiger partial charge in [-0.1, -0.05) is 286 Å². The molecule has 0 heterocycles. The van der Waals surface area contributed by atoms with Crippen LogP contribution in [0.2, 0.25) is 0 Å². The maximum Gasteiger partial charge on any atom is 0.306 e. The van der Waals surface area contributed by atoms with Gasteiger partial charge in [-0.3, -0.25) is 14.4 Å². The zero-order valence-corrected chi connectivity index (χ0v) is 47.0. The van der Waals surface area contributed by atoms with E-state index in [-0.39, 0.29) is 31.1 Å². The minimum Gasteiger partial charge on any atom is -0.462 e. The fraction of sp³-hybridized carbons (Fsp3) is 0.769. The first-order valence-electron chi connectivity index (χ1n) is 30.4. The largest absolute Gasteiger partial charge is 0.462 e. The molecule has 0 saturated carbocycles. The highest BCUT2D eigenvalue weighted by atomic mass is 16.6. The van der Waals surface area contributed by atoms with Gasteiger partial charge in [0.1, 0.15) is 13.2 Å². The highest BCUT2D eigenvalue weighted by molar-refractivity contribution is 5.71. The van der Waals surface area contributed by atoms with Crippen LogP contribution in [-0.4, -0.2) is 37.2 Å². The molecule has 0 N–H and O–H groups in total. The van der Waals surface area contributed by atoms with Gasteiger partial charge in [0.2, 0.25) is 0 Å². The number of carbonyl (C=O) groups is 3. The smallest absolute Gasteiger partial charge is 0.306 e. The van der Waals surface area contributed by atoms with Crippen molar-refractivity contribution in [2.75, 3.05) is 13.2 Å². The monoisotopic (exact) mass is 991 g/mol. The second kappa shape index (κ2) is 59.4. The average molecular weight is 992 g/mol. The molecule has 0 saturated heterocycles. The summed E-state index contributed by atoms with van der Waals surface area (Å²) < 4.78 is 16.9. The molecule has 6 heteroatoms. The Hall–Kier alpha value is -3.15. The van der Waals surface area contributed by atoms with Gasteiger partial charge in [0.25, 0.3) is 0 Å². The molecule has 1 atom stereocenters. The van der Waals surface area contributed by atoms with Gasteiger partial charge in [-0.25, -0.2) is 0 Å². The van der Waals surface area contributed by atoms with Crippen molar-refractivity contribution in [1.29, 1.82) is 0 Å². The van der Waals surface area contributed by atoms with E-state index in [0.29, 0.717) is 19.3 Å². The summed E-state index contributed by atoms with van der Waals surface area (Å²) in [6.07, 6.45) is 76.1. The number of hydrogen-bond donors (Lipinski definition) is 0. The molecule has 0 spiro atoms. The van der Waals surface area contributed by atoms with Crippen molar-refractivity contribution in [2.45, 2.75) is 309 Å². The number of rotatable bonds is 55. The fourth-order valence-electron chi connectivity index (χ4n) is 8.68. The van der Waals surface area contributed by atoms with Crippen molar-refractivity contribution >= 4 is 17.9 Å². The van der Waals surface area contributed by atoms with Crippen molar-refractivity contribution in [3.05, 3.63) is 72.9 Å². The lowest BCUT2D eigenvalue weighted by molar-refractivity contribution is -0.167. The van der Waals surface area contributed by atoms with E-state index in [1.165, 1.54) is 154 Å². The molecule has 410 valence electrons. The van der Waals surface area contributed by atoms with E-state index in [2.05, 4.69) is 93.7 Å². The number of carbonyl (C=O) groups excluding carboxylic acids is 3. The van der Waals surface area contributed by atoms with Gasteiger partial charge in [-0.2, -0.15) is 0 Å². The van der Waals surface area contributed by atoms with E-state index in [1.54, 1.807) is 0 Å². The third-order valence-corrected chi connectivity index (χ3v) is 13.2. The number of allylic oxidation sites excluding steroid dienone is 12. The van der Waals surface area contributed by atoms with Crippen LogP contribution in [0, 0.1) is 0 Å². The van der Waals surface area contributed by atoms with Crippen LogP contribution in [0.1, 0.15) is 303 Å². The highest BCUT2D eigenvalue weighted by Crippen LogP contribution is 2.17. The van der Waals surface area contributed by atoms with Gasteiger partial charge < -0.3 is 14.2 Å². The SMILES string of the molecule is CC/C=C\C/C=C\C/C=C\C/C=C\C/C=C\C/C=C\CCCCCCC(=O)OCC(COC(=O)CCCCCCCCCCCCC)OC(=O)CCCCCCCCCCCCCCCCCCCCC. The van der Waals surface area contributed by atoms with Gasteiger partial charge in [0.05, 0.1) is 0 Å². The van der Waals surface area contributed by atoms with E-state index in [9.17, 15) is 14.4 Å². The van der Waals surface area contributed by atoms with E-state index < -0.39 is 6.10 Å². The Kier molecular flexibility index (Phi) is 56.8. The van der Waals surface area contributed by atoms with Gasteiger partial charge >= 0.3 is 17.9 Å². The molecule has 71 heavy (non-hydrogen) atoms. The lowest BCUT2D eigenvalue weighted by atomic mass is 10.0. The van der Waals surface area contributed by atoms with Crippen LogP contribution in [0.15, 0.2) is 72.9 Å². The summed E-state index contributed by atoms with van der Waals surface area (Å²) in [4.78, 5) is 38.2. The molecule has 0 fully saturated rings. The Morgan fingerprint density at radius 1 is 0.296 bits per heavy atom. The summed E-state index contributed by atoms with van der Waals surface area (Å²) in [5.74, 6) is -0.892. The summed E-state index contributed by atoms with van der Waals surface area (Å²) in [7, 11) is 0. The summed E-state index contributed by atoms with van der Waals surface area (Å²) in [6, 6.07) is 0. The van der Waals surface area contributed by atoms with Crippen molar-refractivity contribution in [3.63, 3.8) is 0 Å². The maximum absolute atomic E-state index is 12.9. The quantitative estimate of drug-likeness (QED) is 0.0261. The van der Waals surface area contributed by atoms with Crippen molar-refractivity contribution in [2.24, 2.45) is 0 Å². The summed E-state index contributed by atoms with van der Waals surface area (Å²) in [5, 5.41) is 0. The Balaban J connectivity index is 4.34. The molecule has 6 nitrogen and oxygen atoms in total. The Morgan fingerprint density at radius 3 is 0.859 bits per heavy atom. The lowest BCUT2D eigenvalue weighted by Gasteiger charge is -2.18. The second-order valence-corrected chi connectivity index (χ2v) is 20.2. The third kappa shape index (κ3) is 57.6. The molecule has 0 aromatic carbocycles. The maximum atomic E-state index is 12.9. The standard InChI is InChI=1S/C65H114O6/c1-4-7-10-13-16-19-22-24-26-28-30-31-32-33-35-36-38-40-43-46-49-52-55-58-64(67)70-61-62(60-69-63(66)57-54-51-48-45-42-21-18-15-12-9-6-3)71-65(68)59-56-53-50-47-44-41-39-37-34-29-27-25-23-20-17-14-11-8-5-2/h7,10,16,19,24,26,30-31,33,35,38,40,62H,4-6,8-9,11-15,17-18,20-23,25,27-29,32,34,36-37,39,41-61H2,1-3H3/b10-7-,19-16-,26-24-,31-30-,35-33-,40-38-. The summed E-state index contributed by atoms with van der Waals surface area (Å²) in [5.41, 5.74) is 0. The fourth-order valence-corrected chi connectivity index (χ4v) is 8.68. The van der Waals surface area contributed by atoms with E-state index >= 15 is 0 Å². The molecule has 1 unspecified atom stereocenters. The van der Waals surface area contributed by atoms with Gasteiger partial charge in [-0.05, 0) is 70.6 Å². The van der Waals surface area contributed by atoms with Gasteiger partial charge in [0.15, 0.2) is 6.10 Å². The molecule has 0 amide bonds. The Bertz CT molecular complexity index is 1320. The van der Waals surface area contributed by atoms with E-state index in [1.807, 2.05) is 0 Å². The van der Waals surface area contributed by atoms with E-state index in [0.717, 1.165) is 109 Å². The third-order valence-electron chi connectivity index (χ3n) is 13.2. The van der Waals surface area contributed by atoms with Gasteiger partial charge in [-0.15, -0.1) is 0 Å². The van der Waals surface area contributed by atoms with Crippen LogP contribution >= 0.6 is 0 Å². The van der Waals surface area contributed by atoms with Crippen LogP contribution in [-0.2, 0) is 28.6 Å². The van der Waals surface area contributed by atoms with Crippen LogP contribution < -0.4 is 0 Å².